The van der Waals surface area contributed by atoms with Crippen LogP contribution in [0.3, 0.4) is 0 Å². The Hall–Kier alpha value is -3.22. The van der Waals surface area contributed by atoms with Gasteiger partial charge in [0.05, 0.1) is 10.6 Å². The van der Waals surface area contributed by atoms with E-state index in [0.29, 0.717) is 16.8 Å². The summed E-state index contributed by atoms with van der Waals surface area (Å²) in [6.07, 6.45) is 9.19. The van der Waals surface area contributed by atoms with Crippen molar-refractivity contribution >= 4 is 11.6 Å². The molecule has 1 heterocycles. The van der Waals surface area contributed by atoms with Crippen LogP contribution in [0.5, 0.6) is 0 Å². The lowest BCUT2D eigenvalue weighted by Crippen LogP contribution is -2.28. The van der Waals surface area contributed by atoms with E-state index >= 15 is 0 Å². The first-order valence-corrected chi connectivity index (χ1v) is 8.86. The summed E-state index contributed by atoms with van der Waals surface area (Å²) in [5.74, 6) is -0.600. The molecule has 7 nitrogen and oxygen atoms in total. The zero-order valence-electron chi connectivity index (χ0n) is 15.4. The molecule has 3 N–H and O–H groups in total. The van der Waals surface area contributed by atoms with Gasteiger partial charge in [-0.2, -0.15) is 0 Å². The van der Waals surface area contributed by atoms with Crippen molar-refractivity contribution in [2.75, 3.05) is 13.1 Å². The summed E-state index contributed by atoms with van der Waals surface area (Å²) in [4.78, 5) is 24.2. The van der Waals surface area contributed by atoms with Crippen molar-refractivity contribution in [3.8, 4) is 0 Å². The third-order valence-corrected chi connectivity index (χ3v) is 4.45. The average molecular weight is 368 g/mol. The van der Waals surface area contributed by atoms with Gasteiger partial charge in [0.15, 0.2) is 0 Å². The Kier molecular flexibility index (Phi) is 7.05. The highest BCUT2D eigenvalue weighted by molar-refractivity contribution is 6.17. The molecule has 0 spiro atoms. The first kappa shape index (κ1) is 20.1. The number of carbonyl (C=O) groups is 1. The summed E-state index contributed by atoms with van der Waals surface area (Å²) < 4.78 is 0. The van der Waals surface area contributed by atoms with Crippen LogP contribution in [-0.2, 0) is 0 Å². The van der Waals surface area contributed by atoms with Crippen molar-refractivity contribution in [2.24, 2.45) is 5.73 Å². The summed E-state index contributed by atoms with van der Waals surface area (Å²) in [7, 11) is 0. The number of likely N-dealkylation sites (tertiary alicyclic amines) is 1. The van der Waals surface area contributed by atoms with Gasteiger partial charge in [0.2, 0.25) is 5.91 Å². The second kappa shape index (κ2) is 9.47. The summed E-state index contributed by atoms with van der Waals surface area (Å²) in [5, 5.41) is 19.5. The standard InChI is InChI=1S/C20H24N4O3/c1-2-15(19(21)17-8-4-5-9-18(17)20(22)25)10-11-16(14-24(26)27)23-12-6-3-7-13-23/h2,4-5,8-11,14,21H,3,6-7,12-13H2,1H3,(H2,22,25)/b11-10-,15-2+,16-14-,21-19?. The van der Waals surface area contributed by atoms with E-state index in [9.17, 15) is 14.9 Å². The number of primary amides is 1. The molecule has 27 heavy (non-hydrogen) atoms. The van der Waals surface area contributed by atoms with Crippen LogP contribution in [0.1, 0.15) is 42.1 Å². The molecular formula is C20H24N4O3. The Morgan fingerprint density at radius 1 is 1.19 bits per heavy atom. The molecule has 0 atom stereocenters. The second-order valence-electron chi connectivity index (χ2n) is 6.25. The molecule has 0 aromatic heterocycles. The van der Waals surface area contributed by atoms with Gasteiger partial charge in [-0.15, -0.1) is 0 Å². The van der Waals surface area contributed by atoms with Gasteiger partial charge in [-0.3, -0.25) is 20.3 Å². The maximum Gasteiger partial charge on any atom is 0.257 e. The maximum absolute atomic E-state index is 11.6. The zero-order valence-corrected chi connectivity index (χ0v) is 15.4. The normalized spacial score (nSPS) is 15.8. The molecule has 1 aromatic carbocycles. The topological polar surface area (TPSA) is 113 Å². The highest BCUT2D eigenvalue weighted by Crippen LogP contribution is 2.19. The molecule has 142 valence electrons. The minimum Gasteiger partial charge on any atom is -0.367 e. The molecule has 1 amide bonds. The van der Waals surface area contributed by atoms with Gasteiger partial charge in [0.1, 0.15) is 5.70 Å². The fourth-order valence-electron chi connectivity index (χ4n) is 3.06. The fourth-order valence-corrected chi connectivity index (χ4v) is 3.06. The molecule has 0 bridgehead atoms. The van der Waals surface area contributed by atoms with Crippen molar-refractivity contribution in [3.05, 3.63) is 81.2 Å². The number of nitrogens with zero attached hydrogens (tertiary/aromatic N) is 2. The van der Waals surface area contributed by atoms with E-state index in [0.717, 1.165) is 38.6 Å². The molecular weight excluding hydrogens is 344 g/mol. The van der Waals surface area contributed by atoms with Gasteiger partial charge in [-0.05, 0) is 43.9 Å². The Balaban J connectivity index is 2.30. The molecule has 0 radical (unpaired) electrons. The van der Waals surface area contributed by atoms with E-state index in [-0.39, 0.29) is 11.3 Å². The van der Waals surface area contributed by atoms with Gasteiger partial charge in [0.25, 0.3) is 6.20 Å². The van der Waals surface area contributed by atoms with Crippen LogP contribution in [0.25, 0.3) is 0 Å². The number of carbonyl (C=O) groups excluding carboxylic acids is 1. The Morgan fingerprint density at radius 3 is 2.37 bits per heavy atom. The van der Waals surface area contributed by atoms with Crippen LogP contribution in [0.15, 0.2) is 60.0 Å². The highest BCUT2D eigenvalue weighted by atomic mass is 16.6. The predicted molar refractivity (Wildman–Crippen MR) is 105 cm³/mol. The number of nitrogens with one attached hydrogen (secondary N) is 1. The van der Waals surface area contributed by atoms with Gasteiger partial charge < -0.3 is 10.6 Å². The molecule has 1 saturated heterocycles. The molecule has 1 aromatic rings. The van der Waals surface area contributed by atoms with Crippen LogP contribution in [-0.4, -0.2) is 34.5 Å². The minimum absolute atomic E-state index is 0.141. The monoisotopic (exact) mass is 368 g/mol. The van der Waals surface area contributed by atoms with Crippen molar-refractivity contribution in [3.63, 3.8) is 0 Å². The van der Waals surface area contributed by atoms with Crippen LogP contribution in [0, 0.1) is 15.5 Å². The lowest BCUT2D eigenvalue weighted by Gasteiger charge is -2.28. The van der Waals surface area contributed by atoms with Crippen LogP contribution in [0.2, 0.25) is 0 Å². The number of nitrogens with two attached hydrogens (primary N) is 1. The molecule has 2 rings (SSSR count). The first-order valence-electron chi connectivity index (χ1n) is 8.86. The molecule has 0 aliphatic carbocycles. The summed E-state index contributed by atoms with van der Waals surface area (Å²) in [6.45, 7) is 3.33. The van der Waals surface area contributed by atoms with Crippen LogP contribution in [0.4, 0.5) is 0 Å². The minimum atomic E-state index is -0.600. The maximum atomic E-state index is 11.6. The van der Waals surface area contributed by atoms with E-state index in [4.69, 9.17) is 11.1 Å². The predicted octanol–water partition coefficient (Wildman–Crippen LogP) is 3.26. The van der Waals surface area contributed by atoms with Crippen molar-refractivity contribution < 1.29 is 9.72 Å². The van der Waals surface area contributed by atoms with Crippen molar-refractivity contribution in [1.82, 2.24) is 4.90 Å². The van der Waals surface area contributed by atoms with E-state index in [1.807, 2.05) is 4.90 Å². The van der Waals surface area contributed by atoms with E-state index in [1.54, 1.807) is 49.4 Å². The van der Waals surface area contributed by atoms with E-state index < -0.39 is 10.8 Å². The number of amides is 1. The third-order valence-electron chi connectivity index (χ3n) is 4.45. The van der Waals surface area contributed by atoms with Crippen molar-refractivity contribution in [1.29, 1.82) is 5.41 Å². The number of allylic oxidation sites excluding steroid dienone is 4. The van der Waals surface area contributed by atoms with Gasteiger partial charge in [-0.1, -0.05) is 30.4 Å². The Labute approximate surface area is 158 Å². The van der Waals surface area contributed by atoms with Crippen molar-refractivity contribution in [2.45, 2.75) is 26.2 Å². The number of nitro groups is 1. The second-order valence-corrected chi connectivity index (χ2v) is 6.25. The van der Waals surface area contributed by atoms with Crippen LogP contribution < -0.4 is 5.73 Å². The number of hydrogen-bond donors (Lipinski definition) is 2. The average Bonchev–Trinajstić information content (AvgIpc) is 2.67. The molecule has 7 heteroatoms. The molecule has 0 saturated carbocycles. The number of rotatable bonds is 7. The van der Waals surface area contributed by atoms with Gasteiger partial charge >= 0.3 is 0 Å². The largest absolute Gasteiger partial charge is 0.367 e. The number of piperidine rings is 1. The molecule has 1 aliphatic heterocycles. The van der Waals surface area contributed by atoms with E-state index in [1.165, 1.54) is 0 Å². The molecule has 1 aliphatic rings. The first-order chi connectivity index (χ1) is 12.9. The number of benzene rings is 1. The summed E-state index contributed by atoms with van der Waals surface area (Å²) in [6, 6.07) is 6.67. The quantitative estimate of drug-likeness (QED) is 0.333. The van der Waals surface area contributed by atoms with Crippen LogP contribution >= 0.6 is 0 Å². The van der Waals surface area contributed by atoms with Gasteiger partial charge in [0, 0.05) is 24.2 Å². The van der Waals surface area contributed by atoms with E-state index in [2.05, 4.69) is 0 Å². The Bertz CT molecular complexity index is 818. The summed E-state index contributed by atoms with van der Waals surface area (Å²) in [5.41, 5.74) is 7.31. The molecule has 0 unspecified atom stereocenters. The fraction of sp³-hybridized carbons (Fsp3) is 0.300. The molecule has 1 fully saturated rings. The zero-order chi connectivity index (χ0) is 19.8. The SMILES string of the molecule is C\C=C(/C=C\C(=C\[N+](=O)[O-])N1CCCCC1)C(=N)c1ccccc1C(N)=O. The lowest BCUT2D eigenvalue weighted by atomic mass is 9.96. The lowest BCUT2D eigenvalue weighted by molar-refractivity contribution is -0.404. The smallest absolute Gasteiger partial charge is 0.257 e. The number of hydrogen-bond acceptors (Lipinski definition) is 5. The highest BCUT2D eigenvalue weighted by Gasteiger charge is 2.16. The Morgan fingerprint density at radius 2 is 1.81 bits per heavy atom. The third kappa shape index (κ3) is 5.37. The van der Waals surface area contributed by atoms with Gasteiger partial charge in [-0.25, -0.2) is 0 Å². The summed E-state index contributed by atoms with van der Waals surface area (Å²) >= 11 is 0.